The van der Waals surface area contributed by atoms with Crippen LogP contribution in [0.15, 0.2) is 30.3 Å². The quantitative estimate of drug-likeness (QED) is 0.851. The van der Waals surface area contributed by atoms with E-state index in [9.17, 15) is 18.0 Å². The molecule has 6 heteroatoms. The summed E-state index contributed by atoms with van der Waals surface area (Å²) < 4.78 is 39.4. The molecule has 0 aliphatic heterocycles. The third-order valence-electron chi connectivity index (χ3n) is 3.11. The Bertz CT molecular complexity index is 702. The molecule has 0 radical (unpaired) electrons. The van der Waals surface area contributed by atoms with Gasteiger partial charge in [-0.15, -0.1) is 0 Å². The van der Waals surface area contributed by atoms with E-state index >= 15 is 0 Å². The first kappa shape index (κ1) is 14.9. The number of amides is 1. The highest BCUT2D eigenvalue weighted by molar-refractivity contribution is 5.93. The summed E-state index contributed by atoms with van der Waals surface area (Å²) in [7, 11) is 0. The minimum atomic E-state index is -1.24. The van der Waals surface area contributed by atoms with Crippen LogP contribution in [0.4, 0.5) is 18.9 Å². The average Bonchev–Trinajstić information content (AvgIpc) is 2.42. The zero-order chi connectivity index (χ0) is 15.6. The fraction of sp³-hybridized carbons (Fsp3) is 0.133. The highest BCUT2D eigenvalue weighted by Crippen LogP contribution is 2.20. The van der Waals surface area contributed by atoms with E-state index in [1.54, 1.807) is 25.1 Å². The monoisotopic (exact) mass is 294 g/mol. The molecule has 0 spiro atoms. The molecule has 0 aliphatic rings. The molecule has 0 heterocycles. The maximum absolute atomic E-state index is 13.5. The number of rotatable bonds is 4. The molecule has 0 unspecified atom stereocenters. The molecule has 110 valence electrons. The Morgan fingerprint density at radius 3 is 2.38 bits per heavy atom. The number of hydrogen-bond acceptors (Lipinski definition) is 2. The molecule has 0 bridgehead atoms. The normalized spacial score (nSPS) is 10.5. The maximum atomic E-state index is 13.5. The lowest BCUT2D eigenvalue weighted by atomic mass is 10.0. The molecule has 0 saturated carbocycles. The summed E-state index contributed by atoms with van der Waals surface area (Å²) in [5, 5.41) is 2.69. The molecule has 21 heavy (non-hydrogen) atoms. The standard InChI is InChI=1S/C15H13F3N2O/c1-8-4-9(15(19)21)2-3-10(8)7-20-14-6-12(17)11(16)5-13(14)18/h2-6,20H,7H2,1H3,(H2,19,21). The third kappa shape index (κ3) is 3.34. The van der Waals surface area contributed by atoms with Crippen molar-refractivity contribution in [3.63, 3.8) is 0 Å². The van der Waals surface area contributed by atoms with Gasteiger partial charge in [0.05, 0.1) is 5.69 Å². The molecule has 0 fully saturated rings. The number of carbonyl (C=O) groups excluding carboxylic acids is 1. The molecule has 0 aliphatic carbocycles. The Kier molecular flexibility index (Phi) is 4.16. The van der Waals surface area contributed by atoms with Crippen molar-refractivity contribution in [2.24, 2.45) is 5.73 Å². The van der Waals surface area contributed by atoms with Gasteiger partial charge in [0, 0.05) is 24.2 Å². The van der Waals surface area contributed by atoms with Crippen molar-refractivity contribution in [2.75, 3.05) is 5.32 Å². The van der Waals surface area contributed by atoms with E-state index < -0.39 is 23.4 Å². The van der Waals surface area contributed by atoms with Crippen LogP contribution in [0.1, 0.15) is 21.5 Å². The largest absolute Gasteiger partial charge is 0.379 e. The van der Waals surface area contributed by atoms with Gasteiger partial charge in [-0.05, 0) is 30.2 Å². The van der Waals surface area contributed by atoms with Crippen LogP contribution in [0.3, 0.4) is 0 Å². The van der Waals surface area contributed by atoms with Crippen molar-refractivity contribution in [3.05, 3.63) is 64.5 Å². The molecule has 0 saturated heterocycles. The van der Waals surface area contributed by atoms with Crippen molar-refractivity contribution in [2.45, 2.75) is 13.5 Å². The molecule has 1 amide bonds. The first-order chi connectivity index (χ1) is 9.88. The molecule has 0 aromatic heterocycles. The van der Waals surface area contributed by atoms with Crippen molar-refractivity contribution in [1.82, 2.24) is 0 Å². The Hall–Kier alpha value is -2.50. The summed E-state index contributed by atoms with van der Waals surface area (Å²) in [5.74, 6) is -3.77. The van der Waals surface area contributed by atoms with Crippen molar-refractivity contribution >= 4 is 11.6 Å². The summed E-state index contributed by atoms with van der Waals surface area (Å²) in [6.45, 7) is 1.97. The molecule has 3 N–H and O–H groups in total. The van der Waals surface area contributed by atoms with Crippen LogP contribution < -0.4 is 11.1 Å². The summed E-state index contributed by atoms with van der Waals surface area (Å²) in [6, 6.07) is 6.08. The lowest BCUT2D eigenvalue weighted by Gasteiger charge is -2.11. The Morgan fingerprint density at radius 2 is 1.76 bits per heavy atom. The van der Waals surface area contributed by atoms with E-state index in [4.69, 9.17) is 5.73 Å². The SMILES string of the molecule is Cc1cc(C(N)=O)ccc1CNc1cc(F)c(F)cc1F. The summed E-state index contributed by atoms with van der Waals surface area (Å²) in [4.78, 5) is 11.0. The Morgan fingerprint density at radius 1 is 1.10 bits per heavy atom. The van der Waals surface area contributed by atoms with Gasteiger partial charge in [0.25, 0.3) is 0 Å². The highest BCUT2D eigenvalue weighted by Gasteiger charge is 2.10. The van der Waals surface area contributed by atoms with E-state index in [-0.39, 0.29) is 12.2 Å². The van der Waals surface area contributed by atoms with Gasteiger partial charge in [0.2, 0.25) is 5.91 Å². The van der Waals surface area contributed by atoms with Crippen molar-refractivity contribution < 1.29 is 18.0 Å². The number of halogens is 3. The fourth-order valence-electron chi connectivity index (χ4n) is 1.90. The topological polar surface area (TPSA) is 55.1 Å². The number of aryl methyl sites for hydroxylation is 1. The minimum absolute atomic E-state index is 0.132. The van der Waals surface area contributed by atoms with Crippen LogP contribution >= 0.6 is 0 Å². The summed E-state index contributed by atoms with van der Waals surface area (Å²) in [6.07, 6.45) is 0. The zero-order valence-corrected chi connectivity index (χ0v) is 11.2. The van der Waals surface area contributed by atoms with Crippen LogP contribution in [0.5, 0.6) is 0 Å². The van der Waals surface area contributed by atoms with Crippen LogP contribution in [0.2, 0.25) is 0 Å². The highest BCUT2D eigenvalue weighted by atomic mass is 19.2. The second-order valence-corrected chi connectivity index (χ2v) is 4.61. The molecule has 3 nitrogen and oxygen atoms in total. The van der Waals surface area contributed by atoms with Gasteiger partial charge in [-0.25, -0.2) is 13.2 Å². The van der Waals surface area contributed by atoms with Gasteiger partial charge in [-0.1, -0.05) is 6.07 Å². The van der Waals surface area contributed by atoms with Crippen molar-refractivity contribution in [3.8, 4) is 0 Å². The van der Waals surface area contributed by atoms with Crippen LogP contribution in [-0.4, -0.2) is 5.91 Å². The predicted molar refractivity (Wildman–Crippen MR) is 73.3 cm³/mol. The fourth-order valence-corrected chi connectivity index (χ4v) is 1.90. The number of benzene rings is 2. The van der Waals surface area contributed by atoms with Gasteiger partial charge in [0.15, 0.2) is 11.6 Å². The summed E-state index contributed by atoms with van der Waals surface area (Å²) in [5.41, 5.74) is 6.97. The number of carbonyl (C=O) groups is 1. The summed E-state index contributed by atoms with van der Waals surface area (Å²) >= 11 is 0. The van der Waals surface area contributed by atoms with E-state index in [2.05, 4.69) is 5.32 Å². The van der Waals surface area contributed by atoms with E-state index in [1.165, 1.54) is 0 Å². The van der Waals surface area contributed by atoms with E-state index in [0.29, 0.717) is 11.6 Å². The lowest BCUT2D eigenvalue weighted by Crippen LogP contribution is -2.12. The zero-order valence-electron chi connectivity index (χ0n) is 11.2. The van der Waals surface area contributed by atoms with Gasteiger partial charge in [0.1, 0.15) is 5.82 Å². The maximum Gasteiger partial charge on any atom is 0.248 e. The molecule has 2 aromatic carbocycles. The van der Waals surface area contributed by atoms with Crippen LogP contribution in [0, 0.1) is 24.4 Å². The first-order valence-corrected chi connectivity index (χ1v) is 6.16. The van der Waals surface area contributed by atoms with E-state index in [1.807, 2.05) is 0 Å². The number of nitrogens with one attached hydrogen (secondary N) is 1. The molecule has 2 aromatic rings. The molecule has 0 atom stereocenters. The van der Waals surface area contributed by atoms with Crippen molar-refractivity contribution in [1.29, 1.82) is 0 Å². The minimum Gasteiger partial charge on any atom is -0.379 e. The number of anilines is 1. The van der Waals surface area contributed by atoms with Gasteiger partial charge in [-0.3, -0.25) is 4.79 Å². The van der Waals surface area contributed by atoms with Gasteiger partial charge >= 0.3 is 0 Å². The molecular formula is C15H13F3N2O. The second kappa shape index (κ2) is 5.87. The van der Waals surface area contributed by atoms with Crippen LogP contribution in [-0.2, 0) is 6.54 Å². The van der Waals surface area contributed by atoms with Crippen LogP contribution in [0.25, 0.3) is 0 Å². The van der Waals surface area contributed by atoms with Gasteiger partial charge < -0.3 is 11.1 Å². The van der Waals surface area contributed by atoms with Gasteiger partial charge in [-0.2, -0.15) is 0 Å². The smallest absolute Gasteiger partial charge is 0.248 e. The Balaban J connectivity index is 2.17. The number of hydrogen-bond donors (Lipinski definition) is 2. The lowest BCUT2D eigenvalue weighted by molar-refractivity contribution is 0.1000. The molecule has 2 rings (SSSR count). The Labute approximate surface area is 119 Å². The van der Waals surface area contributed by atoms with E-state index in [0.717, 1.165) is 17.2 Å². The number of nitrogens with two attached hydrogens (primary N) is 1. The second-order valence-electron chi connectivity index (χ2n) is 4.61. The molecular weight excluding hydrogens is 281 g/mol. The average molecular weight is 294 g/mol. The number of primary amides is 1. The third-order valence-corrected chi connectivity index (χ3v) is 3.11. The predicted octanol–water partition coefficient (Wildman–Crippen LogP) is 3.12. The first-order valence-electron chi connectivity index (χ1n) is 6.16.